The number of anilines is 1. The second kappa shape index (κ2) is 33.3. The summed E-state index contributed by atoms with van der Waals surface area (Å²) in [5.41, 5.74) is 4.49. The molecule has 5 amide bonds. The highest BCUT2D eigenvalue weighted by Gasteiger charge is 2.64. The Morgan fingerprint density at radius 3 is 2.28 bits per heavy atom. The maximum absolute atomic E-state index is 16.3. The number of fused-ring (bicyclic) bond motifs is 5. The van der Waals surface area contributed by atoms with Crippen molar-refractivity contribution in [1.82, 2.24) is 15.5 Å². The van der Waals surface area contributed by atoms with Crippen molar-refractivity contribution in [2.24, 2.45) is 29.4 Å². The fraction of sp³-hybridized carbons (Fsp3) is 0.609. The average molecular weight is 1400 g/mol. The number of aryl methyl sites for hydroxylation is 1. The van der Waals surface area contributed by atoms with E-state index in [-0.39, 0.29) is 84.6 Å². The zero-order chi connectivity index (χ0) is 65.5. The molecule has 24 heteroatoms. The number of nitrogens with zero attached hydrogens (tertiary/aromatic N) is 2. The van der Waals surface area contributed by atoms with Crippen molar-refractivity contribution < 1.29 is 71.6 Å². The number of benzene rings is 2. The largest absolute Gasteiger partial charge is 0.462 e. The van der Waals surface area contributed by atoms with Crippen LogP contribution >= 0.6 is 55.1 Å². The van der Waals surface area contributed by atoms with Crippen LogP contribution in [0.4, 0.5) is 14.9 Å². The van der Waals surface area contributed by atoms with Crippen molar-refractivity contribution >= 4 is 114 Å². The number of nitrogens with one attached hydrogen (secondary N) is 2. The van der Waals surface area contributed by atoms with Gasteiger partial charge >= 0.3 is 18.0 Å². The van der Waals surface area contributed by atoms with E-state index in [4.69, 9.17) is 47.9 Å². The van der Waals surface area contributed by atoms with Crippen LogP contribution in [0.1, 0.15) is 146 Å². The fourth-order valence-corrected chi connectivity index (χ4v) is 13.6. The molecule has 2 aromatic carbocycles. The standard InChI is InChI=1S/C64H86Br2Cl2FN5O14/c1-35(2)44(28-43(75)18-13-11-12-14-20-50(76)42(33-65)34-66)59(80)72-48(19-16-22-71-62(70)83)51(77)27-41-26-46(67)45(29-47(41)69)60(81)73(8)39(6)61(82)87-54-30-55(78)74(9)49-25-40(24-37(4)57(49)68)23-36(3)17-15-21-53(85-10)64(84)31-52(86-56(79)32-64)38(5)58-63(54,7)88-58/h15,17,21,24-26,29,35,38-39,42,44,48,52-54,58,84H,11-14,16,18-20,22-23,27-28,30-34H2,1-10H3,(H,72,80)(H3,70,71,83)/b21-15+,36-17+/t38-,39+,44+,48+,52+,53-,54+,58+,63+,64-/m1/s1. The van der Waals surface area contributed by atoms with E-state index in [2.05, 4.69) is 42.5 Å². The van der Waals surface area contributed by atoms with Gasteiger partial charge in [-0.1, -0.05) is 119 Å². The zero-order valence-corrected chi connectivity index (χ0v) is 56.6. The maximum Gasteiger partial charge on any atom is 0.328 e. The van der Waals surface area contributed by atoms with Crippen molar-refractivity contribution in [3.63, 3.8) is 0 Å². The number of hydrogen-bond donors (Lipinski definition) is 4. The Hall–Kier alpha value is -5.10. The van der Waals surface area contributed by atoms with Gasteiger partial charge < -0.3 is 50.2 Å². The Morgan fingerprint density at radius 2 is 1.65 bits per heavy atom. The molecule has 0 aliphatic carbocycles. The predicted octanol–water partition coefficient (Wildman–Crippen LogP) is 9.76. The summed E-state index contributed by atoms with van der Waals surface area (Å²) in [4.78, 5) is 124. The summed E-state index contributed by atoms with van der Waals surface area (Å²) in [6.07, 6.45) is 4.06. The quantitative estimate of drug-likeness (QED) is 0.0281. The van der Waals surface area contributed by atoms with E-state index in [1.165, 1.54) is 26.0 Å². The smallest absolute Gasteiger partial charge is 0.328 e. The fourth-order valence-electron chi connectivity index (χ4n) is 11.3. The lowest BCUT2D eigenvalue weighted by Gasteiger charge is -2.41. The van der Waals surface area contributed by atoms with Crippen LogP contribution in [-0.4, -0.2) is 149 Å². The first-order valence-corrected chi connectivity index (χ1v) is 32.9. The molecule has 2 aromatic rings. The summed E-state index contributed by atoms with van der Waals surface area (Å²) in [6.45, 7) is 12.1. The molecule has 0 unspecified atom stereocenters. The number of epoxide rings is 1. The molecule has 486 valence electrons. The van der Waals surface area contributed by atoms with Gasteiger partial charge in [-0.05, 0) is 101 Å². The van der Waals surface area contributed by atoms with Gasteiger partial charge in [-0.3, -0.25) is 33.6 Å². The van der Waals surface area contributed by atoms with Gasteiger partial charge in [0.25, 0.3) is 5.91 Å². The molecule has 5 N–H and O–H groups in total. The summed E-state index contributed by atoms with van der Waals surface area (Å²) in [5, 5.41) is 18.5. The first-order chi connectivity index (χ1) is 41.4. The topological polar surface area (TPSA) is 271 Å². The van der Waals surface area contributed by atoms with Gasteiger partial charge in [-0.2, -0.15) is 0 Å². The number of urea groups is 1. The van der Waals surface area contributed by atoms with E-state index in [1.54, 1.807) is 53.0 Å². The molecular formula is C64H86Br2Cl2FN5O14. The number of halogens is 5. The highest BCUT2D eigenvalue weighted by Crippen LogP contribution is 2.50. The number of primary amides is 1. The molecule has 3 heterocycles. The number of unbranched alkanes of at least 4 members (excludes halogenated alkanes) is 3. The molecule has 2 fully saturated rings. The number of ether oxygens (including phenoxy) is 4. The lowest BCUT2D eigenvalue weighted by molar-refractivity contribution is -0.187. The molecule has 10 atom stereocenters. The zero-order valence-electron chi connectivity index (χ0n) is 52.0. The van der Waals surface area contributed by atoms with Crippen molar-refractivity contribution in [1.29, 1.82) is 0 Å². The van der Waals surface area contributed by atoms with Crippen LogP contribution in [0.5, 0.6) is 0 Å². The van der Waals surface area contributed by atoms with Crippen LogP contribution in [0, 0.1) is 36.4 Å². The number of hydrogen-bond acceptors (Lipinski definition) is 14. The number of aliphatic hydroxyl groups is 1. The summed E-state index contributed by atoms with van der Waals surface area (Å²) < 4.78 is 40.4. The molecule has 2 saturated heterocycles. The summed E-state index contributed by atoms with van der Waals surface area (Å²) >= 11 is 20.3. The molecule has 19 nitrogen and oxygen atoms in total. The number of likely N-dealkylation sites (N-methyl/N-ethyl adjacent to an activating group) is 1. The second-order valence-corrected chi connectivity index (χ2v) is 26.4. The van der Waals surface area contributed by atoms with E-state index >= 15 is 4.39 Å². The molecule has 3 aliphatic rings. The van der Waals surface area contributed by atoms with Gasteiger partial charge in [-0.15, -0.1) is 0 Å². The van der Waals surface area contributed by atoms with E-state index in [9.17, 15) is 48.3 Å². The third kappa shape index (κ3) is 19.7. The molecule has 5 rings (SSSR count). The first-order valence-electron chi connectivity index (χ1n) is 29.9. The molecule has 88 heavy (non-hydrogen) atoms. The van der Waals surface area contributed by atoms with Crippen molar-refractivity contribution in [3.8, 4) is 0 Å². The number of rotatable bonds is 27. The number of carbonyl (C=O) groups is 9. The molecule has 4 bridgehead atoms. The van der Waals surface area contributed by atoms with Gasteiger partial charge in [-0.25, -0.2) is 14.0 Å². The van der Waals surface area contributed by atoms with Crippen LogP contribution in [0.2, 0.25) is 10.0 Å². The summed E-state index contributed by atoms with van der Waals surface area (Å²) in [5.74, 6) is -7.01. The number of allylic oxidation sites excluding steroid dienone is 3. The number of amides is 5. The van der Waals surface area contributed by atoms with Crippen molar-refractivity contribution in [2.45, 2.75) is 186 Å². The van der Waals surface area contributed by atoms with Crippen LogP contribution in [0.25, 0.3) is 0 Å². The monoisotopic (exact) mass is 1400 g/mol. The average Bonchev–Trinajstić information content (AvgIpc) is 1.65. The Morgan fingerprint density at radius 1 is 0.977 bits per heavy atom. The van der Waals surface area contributed by atoms with Crippen molar-refractivity contribution in [3.05, 3.63) is 86.2 Å². The lowest BCUT2D eigenvalue weighted by atomic mass is 9.78. The van der Waals surface area contributed by atoms with Crippen LogP contribution in [0.15, 0.2) is 48.1 Å². The molecule has 0 spiro atoms. The maximum atomic E-state index is 16.3. The van der Waals surface area contributed by atoms with E-state index < -0.39 is 120 Å². The van der Waals surface area contributed by atoms with Gasteiger partial charge in [0, 0.05) is 88.3 Å². The highest BCUT2D eigenvalue weighted by molar-refractivity contribution is 9.09. The number of esters is 2. The second-order valence-electron chi connectivity index (χ2n) is 24.3. The summed E-state index contributed by atoms with van der Waals surface area (Å²) in [7, 11) is 4.26. The third-order valence-electron chi connectivity index (χ3n) is 17.2. The minimum Gasteiger partial charge on any atom is -0.462 e. The van der Waals surface area contributed by atoms with Crippen LogP contribution < -0.4 is 21.3 Å². The Bertz CT molecular complexity index is 2960. The normalized spacial score (nSPS) is 24.2. The molecular weight excluding hydrogens is 1310 g/mol. The first kappa shape index (κ1) is 73.6. The minimum atomic E-state index is -1.67. The Balaban J connectivity index is 1.33. The molecule has 0 radical (unpaired) electrons. The van der Waals surface area contributed by atoms with Gasteiger partial charge in [0.2, 0.25) is 11.8 Å². The third-order valence-corrected chi connectivity index (χ3v) is 19.5. The predicted molar refractivity (Wildman–Crippen MR) is 340 cm³/mol. The minimum absolute atomic E-state index is 0.00669. The number of alkyl halides is 2. The number of carbonyl (C=O) groups excluding carboxylic acids is 9. The number of methoxy groups -OCH3 is 1. The lowest BCUT2D eigenvalue weighted by Crippen LogP contribution is -2.53. The van der Waals surface area contributed by atoms with Crippen LogP contribution in [-0.2, 0) is 65.4 Å². The van der Waals surface area contributed by atoms with Gasteiger partial charge in [0.15, 0.2) is 5.78 Å². The Kier molecular flexibility index (Phi) is 27.9. The number of ketones is 3. The molecule has 3 aliphatic heterocycles. The number of nitrogens with two attached hydrogens (primary N) is 1. The van der Waals surface area contributed by atoms with Gasteiger partial charge in [0.1, 0.15) is 52.9 Å². The molecule has 0 aromatic heterocycles. The van der Waals surface area contributed by atoms with E-state index in [0.29, 0.717) is 52.6 Å². The van der Waals surface area contributed by atoms with Gasteiger partial charge in [0.05, 0.1) is 46.3 Å². The van der Waals surface area contributed by atoms with E-state index in [0.717, 1.165) is 41.0 Å². The highest BCUT2D eigenvalue weighted by atomic mass is 79.9. The van der Waals surface area contributed by atoms with Crippen LogP contribution in [0.3, 0.4) is 0 Å². The Labute approximate surface area is 542 Å². The summed E-state index contributed by atoms with van der Waals surface area (Å²) in [6, 6.07) is 2.27. The van der Waals surface area contributed by atoms with Crippen molar-refractivity contribution in [2.75, 3.05) is 43.3 Å². The molecule has 0 saturated carbocycles. The SMILES string of the molecule is CO[C@@H]1/C=C/C=C(\C)Cc2cc(C)c(Cl)c(c2)N(C)C(=O)C[C@H](OC(=O)[C@H](C)N(C)C(=O)c2cc(F)c(CC(=O)[C@H](CCCNC(N)=O)NC(=O)[C@@H](CC(=O)CCCCCCC(=O)C(CBr)CBr)C(C)C)cc2Cl)[C@]2(C)O[C@H]2[C@H](C)[C@@H]2C[C@@]1(O)CC(=O)O2. The number of Topliss-reactive ketones (excluding diaryl/α,β-unsaturated/α-hetero) is 3. The van der Waals surface area contributed by atoms with E-state index in [1.807, 2.05) is 26.0 Å².